The van der Waals surface area contributed by atoms with Gasteiger partial charge in [-0.1, -0.05) is 19.9 Å². The molecule has 0 radical (unpaired) electrons. The zero-order valence-corrected chi connectivity index (χ0v) is 21.6. The van der Waals surface area contributed by atoms with Gasteiger partial charge in [0, 0.05) is 37.5 Å². The van der Waals surface area contributed by atoms with E-state index in [0.29, 0.717) is 5.92 Å². The normalized spacial score (nSPS) is 12.4. The second-order valence-corrected chi connectivity index (χ2v) is 8.97. The van der Waals surface area contributed by atoms with Gasteiger partial charge in [-0.3, -0.25) is 10.4 Å². The van der Waals surface area contributed by atoms with E-state index in [1.54, 1.807) is 18.9 Å². The Morgan fingerprint density at radius 1 is 1.16 bits per heavy atom. The van der Waals surface area contributed by atoms with E-state index in [2.05, 4.69) is 53.8 Å². The topological polar surface area (TPSA) is 46.1 Å². The number of hydrazine groups is 1. The lowest BCUT2D eigenvalue weighted by molar-refractivity contribution is 0.150. The van der Waals surface area contributed by atoms with Gasteiger partial charge in [-0.05, 0) is 85.5 Å². The van der Waals surface area contributed by atoms with Gasteiger partial charge in [-0.25, -0.2) is 4.40 Å². The summed E-state index contributed by atoms with van der Waals surface area (Å²) in [4.78, 5) is 1.21. The maximum absolute atomic E-state index is 6.23. The smallest absolute Gasteiger partial charge is 0.128 e. The molecule has 7 heteroatoms. The molecule has 0 aromatic heterocycles. The number of ether oxygens (including phenoxy) is 2. The van der Waals surface area contributed by atoms with Gasteiger partial charge in [0.15, 0.2) is 0 Å². The van der Waals surface area contributed by atoms with Crippen LogP contribution in [-0.2, 0) is 11.2 Å². The number of nitrogens with zero attached hydrogens (tertiary/aromatic N) is 2. The van der Waals surface area contributed by atoms with Crippen molar-refractivity contribution in [3.8, 4) is 11.5 Å². The molecule has 2 aromatic rings. The molecule has 0 saturated heterocycles. The van der Waals surface area contributed by atoms with E-state index in [1.165, 1.54) is 22.4 Å². The largest absolute Gasteiger partial charge is 0.457 e. The minimum absolute atomic E-state index is 0.448. The SMILES string of the molecule is C=C(NN(C)/C(C)=N\SC)c1cc(CC(CC)COC)cc(Oc2ccc(SC)cc2)c1. The third kappa shape index (κ3) is 8.11. The Hall–Kier alpha value is -2.09. The number of methoxy groups -OCH3 is 1. The predicted molar refractivity (Wildman–Crippen MR) is 141 cm³/mol. The summed E-state index contributed by atoms with van der Waals surface area (Å²) < 4.78 is 16.0. The lowest BCUT2D eigenvalue weighted by Crippen LogP contribution is -2.36. The molecule has 0 spiro atoms. The highest BCUT2D eigenvalue weighted by Crippen LogP contribution is 2.29. The van der Waals surface area contributed by atoms with Gasteiger partial charge in [-0.15, -0.1) is 11.8 Å². The average Bonchev–Trinajstić information content (AvgIpc) is 2.79. The van der Waals surface area contributed by atoms with Crippen LogP contribution in [-0.4, -0.2) is 44.1 Å². The summed E-state index contributed by atoms with van der Waals surface area (Å²) in [7, 11) is 3.69. The van der Waals surface area contributed by atoms with E-state index >= 15 is 0 Å². The van der Waals surface area contributed by atoms with Crippen LogP contribution in [0.2, 0.25) is 0 Å². The predicted octanol–water partition coefficient (Wildman–Crippen LogP) is 6.52. The summed E-state index contributed by atoms with van der Waals surface area (Å²) in [5.74, 6) is 2.92. The van der Waals surface area contributed by atoms with E-state index in [4.69, 9.17) is 9.47 Å². The van der Waals surface area contributed by atoms with E-state index in [1.807, 2.05) is 43.4 Å². The first kappa shape index (κ1) is 26.2. The van der Waals surface area contributed by atoms with Crippen molar-refractivity contribution in [1.82, 2.24) is 10.4 Å². The first-order valence-electron chi connectivity index (χ1n) is 10.6. The number of amidine groups is 1. The van der Waals surface area contributed by atoms with Gasteiger partial charge in [-0.2, -0.15) is 0 Å². The van der Waals surface area contributed by atoms with Crippen molar-refractivity contribution in [3.05, 3.63) is 60.2 Å². The van der Waals surface area contributed by atoms with Crippen LogP contribution in [0.15, 0.2) is 58.3 Å². The van der Waals surface area contributed by atoms with Crippen molar-refractivity contribution >= 4 is 35.2 Å². The minimum atomic E-state index is 0.448. The fourth-order valence-corrected chi connectivity index (χ4v) is 4.02. The summed E-state index contributed by atoms with van der Waals surface area (Å²) >= 11 is 3.14. The van der Waals surface area contributed by atoms with E-state index in [-0.39, 0.29) is 0 Å². The van der Waals surface area contributed by atoms with Crippen molar-refractivity contribution in [2.45, 2.75) is 31.6 Å². The Bertz CT molecular complexity index is 901. The van der Waals surface area contributed by atoms with Crippen molar-refractivity contribution in [1.29, 1.82) is 0 Å². The Morgan fingerprint density at radius 2 is 1.88 bits per heavy atom. The van der Waals surface area contributed by atoms with Crippen LogP contribution in [0, 0.1) is 5.92 Å². The van der Waals surface area contributed by atoms with Crippen LogP contribution in [0.25, 0.3) is 5.70 Å². The molecule has 2 rings (SSSR count). The van der Waals surface area contributed by atoms with Crippen LogP contribution in [0.3, 0.4) is 0 Å². The van der Waals surface area contributed by atoms with Crippen LogP contribution < -0.4 is 10.2 Å². The number of nitrogens with one attached hydrogen (secondary N) is 1. The van der Waals surface area contributed by atoms with Crippen molar-refractivity contribution < 1.29 is 9.47 Å². The van der Waals surface area contributed by atoms with Crippen molar-refractivity contribution in [2.24, 2.45) is 10.3 Å². The summed E-state index contributed by atoms with van der Waals surface area (Å²) in [6.45, 7) is 9.14. The third-order valence-corrected chi connectivity index (χ3v) is 6.32. The number of thioether (sulfide) groups is 1. The molecule has 0 bridgehead atoms. The lowest BCUT2D eigenvalue weighted by atomic mass is 9.95. The molecule has 0 amide bonds. The van der Waals surface area contributed by atoms with E-state index < -0.39 is 0 Å². The molecule has 5 nitrogen and oxygen atoms in total. The molecular formula is C25H35N3O2S2. The average molecular weight is 474 g/mol. The van der Waals surface area contributed by atoms with Crippen LogP contribution in [0.5, 0.6) is 11.5 Å². The molecule has 0 fully saturated rings. The Kier molecular flexibility index (Phi) is 11.0. The maximum Gasteiger partial charge on any atom is 0.128 e. The van der Waals surface area contributed by atoms with Crippen LogP contribution >= 0.6 is 23.7 Å². The molecule has 1 unspecified atom stereocenters. The highest BCUT2D eigenvalue weighted by molar-refractivity contribution is 7.98. The highest BCUT2D eigenvalue weighted by Gasteiger charge is 2.13. The summed E-state index contributed by atoms with van der Waals surface area (Å²) in [6, 6.07) is 14.4. The summed E-state index contributed by atoms with van der Waals surface area (Å²) in [5, 5.41) is 1.87. The first-order chi connectivity index (χ1) is 15.4. The van der Waals surface area contributed by atoms with Gasteiger partial charge < -0.3 is 9.47 Å². The second kappa shape index (κ2) is 13.5. The molecule has 0 heterocycles. The number of rotatable bonds is 12. The standard InChI is InChI=1S/C25H35N3O2S2/c1-8-20(17-29-5)13-21-14-22(18(2)26-28(4)19(3)27-32-7)16-24(15-21)30-23-9-11-25(31-6)12-10-23/h9-12,14-16,20,26H,2,8,13,17H2,1,3-7H3/b27-19-. The summed E-state index contributed by atoms with van der Waals surface area (Å²) in [5.41, 5.74) is 6.28. The van der Waals surface area contributed by atoms with Crippen LogP contribution in [0.1, 0.15) is 31.4 Å². The number of hydrogen-bond acceptors (Lipinski definition) is 6. The second-order valence-electron chi connectivity index (χ2n) is 7.55. The fourth-order valence-electron chi connectivity index (χ4n) is 3.22. The Labute approximate surface area is 201 Å². The van der Waals surface area contributed by atoms with Crippen LogP contribution in [0.4, 0.5) is 0 Å². The zero-order chi connectivity index (χ0) is 23.5. The molecule has 174 valence electrons. The van der Waals surface area contributed by atoms with E-state index in [9.17, 15) is 0 Å². The Balaban J connectivity index is 2.31. The maximum atomic E-state index is 6.23. The quantitative estimate of drug-likeness (QED) is 0.124. The van der Waals surface area contributed by atoms with Crippen molar-refractivity contribution in [3.63, 3.8) is 0 Å². The third-order valence-electron chi connectivity index (χ3n) is 5.13. The van der Waals surface area contributed by atoms with E-state index in [0.717, 1.165) is 48.0 Å². The van der Waals surface area contributed by atoms with Gasteiger partial charge in [0.05, 0.1) is 5.70 Å². The number of hydrogen-bond donors (Lipinski definition) is 1. The van der Waals surface area contributed by atoms with Gasteiger partial charge in [0.25, 0.3) is 0 Å². The minimum Gasteiger partial charge on any atom is -0.457 e. The molecule has 32 heavy (non-hydrogen) atoms. The molecule has 1 atom stereocenters. The number of benzene rings is 2. The lowest BCUT2D eigenvalue weighted by Gasteiger charge is -2.23. The summed E-state index contributed by atoms with van der Waals surface area (Å²) in [6.07, 6.45) is 5.97. The first-order valence-corrected chi connectivity index (χ1v) is 13.0. The van der Waals surface area contributed by atoms with Gasteiger partial charge in [0.2, 0.25) is 0 Å². The molecule has 1 N–H and O–H groups in total. The molecular weight excluding hydrogens is 438 g/mol. The van der Waals surface area contributed by atoms with Crippen molar-refractivity contribution in [2.75, 3.05) is 33.3 Å². The van der Waals surface area contributed by atoms with Gasteiger partial charge in [0.1, 0.15) is 17.3 Å². The molecule has 0 saturated carbocycles. The monoisotopic (exact) mass is 473 g/mol. The zero-order valence-electron chi connectivity index (χ0n) is 20.0. The molecule has 0 aliphatic heterocycles. The molecule has 0 aliphatic rings. The molecule has 2 aromatic carbocycles. The molecule has 0 aliphatic carbocycles. The fraction of sp³-hybridized carbons (Fsp3) is 0.400. The van der Waals surface area contributed by atoms with Gasteiger partial charge >= 0.3 is 0 Å². The Morgan fingerprint density at radius 3 is 2.47 bits per heavy atom. The highest BCUT2D eigenvalue weighted by atomic mass is 32.2.